The molecule has 4 rings (SSSR count). The Kier molecular flexibility index (Phi) is 7.05. The molecular weight excluding hydrogens is 472 g/mol. The number of rotatable bonds is 8. The number of hydrogen-bond donors (Lipinski definition) is 2. The Labute approximate surface area is 203 Å². The van der Waals surface area contributed by atoms with E-state index in [4.69, 9.17) is 16.3 Å². The molecule has 174 valence electrons. The average Bonchev–Trinajstić information content (AvgIpc) is 2.81. The summed E-state index contributed by atoms with van der Waals surface area (Å²) in [5, 5.41) is 5.10. The third-order valence-electron chi connectivity index (χ3n) is 5.17. The van der Waals surface area contributed by atoms with Crippen LogP contribution in [-0.4, -0.2) is 27.5 Å². The number of carbonyl (C=O) groups is 1. The predicted molar refractivity (Wildman–Crippen MR) is 135 cm³/mol. The van der Waals surface area contributed by atoms with Gasteiger partial charge in [0.15, 0.2) is 0 Å². The highest BCUT2D eigenvalue weighted by Gasteiger charge is 2.16. The summed E-state index contributed by atoms with van der Waals surface area (Å²) >= 11 is 6.26. The molecule has 0 fully saturated rings. The first-order chi connectivity index (χ1) is 16.3. The van der Waals surface area contributed by atoms with Crippen LogP contribution >= 0.6 is 11.6 Å². The van der Waals surface area contributed by atoms with Gasteiger partial charge in [-0.1, -0.05) is 59.6 Å². The van der Waals surface area contributed by atoms with Crippen molar-refractivity contribution in [1.82, 2.24) is 5.32 Å². The maximum absolute atomic E-state index is 12.6. The van der Waals surface area contributed by atoms with Crippen LogP contribution in [0.25, 0.3) is 10.8 Å². The van der Waals surface area contributed by atoms with E-state index in [9.17, 15) is 13.2 Å². The summed E-state index contributed by atoms with van der Waals surface area (Å²) < 4.78 is 33.3. The number of anilines is 1. The number of benzene rings is 4. The molecule has 1 amide bonds. The normalized spacial score (nSPS) is 11.2. The summed E-state index contributed by atoms with van der Waals surface area (Å²) in [5.74, 6) is 0.344. The quantitative estimate of drug-likeness (QED) is 0.321. The predicted octanol–water partition coefficient (Wildman–Crippen LogP) is 5.41. The Morgan fingerprint density at radius 1 is 0.912 bits per heavy atom. The van der Waals surface area contributed by atoms with Crippen molar-refractivity contribution >= 4 is 44.0 Å². The lowest BCUT2D eigenvalue weighted by atomic mass is 10.1. The molecule has 0 aromatic heterocycles. The summed E-state index contributed by atoms with van der Waals surface area (Å²) in [6.07, 6.45) is 0. The number of fused-ring (bicyclic) bond motifs is 1. The van der Waals surface area contributed by atoms with Crippen molar-refractivity contribution in [3.8, 4) is 5.75 Å². The van der Waals surface area contributed by atoms with Gasteiger partial charge < -0.3 is 10.1 Å². The Bertz CT molecular complexity index is 1440. The molecule has 8 heteroatoms. The van der Waals surface area contributed by atoms with E-state index in [1.807, 2.05) is 49.4 Å². The van der Waals surface area contributed by atoms with Crippen molar-refractivity contribution in [2.45, 2.75) is 11.8 Å². The number of hydrogen-bond acceptors (Lipinski definition) is 4. The van der Waals surface area contributed by atoms with E-state index in [-0.39, 0.29) is 40.2 Å². The lowest BCUT2D eigenvalue weighted by Crippen LogP contribution is -2.28. The van der Waals surface area contributed by atoms with E-state index in [2.05, 4.69) is 10.0 Å². The van der Waals surface area contributed by atoms with Crippen molar-refractivity contribution in [3.63, 3.8) is 0 Å². The molecule has 0 atom stereocenters. The Hall–Kier alpha value is -3.55. The third kappa shape index (κ3) is 5.68. The minimum atomic E-state index is -3.76. The molecule has 0 unspecified atom stereocenters. The summed E-state index contributed by atoms with van der Waals surface area (Å²) in [4.78, 5) is 12.7. The maximum atomic E-state index is 12.6. The van der Waals surface area contributed by atoms with Gasteiger partial charge in [0.2, 0.25) is 0 Å². The molecule has 0 saturated heterocycles. The number of carbonyl (C=O) groups excluding carboxylic acids is 1. The first kappa shape index (κ1) is 23.6. The summed E-state index contributed by atoms with van der Waals surface area (Å²) in [6, 6.07) is 24.7. The molecule has 0 bridgehead atoms. The average molecular weight is 495 g/mol. The van der Waals surface area contributed by atoms with E-state index < -0.39 is 10.0 Å². The van der Waals surface area contributed by atoms with Crippen LogP contribution in [0.15, 0.2) is 89.8 Å². The first-order valence-electron chi connectivity index (χ1n) is 10.6. The van der Waals surface area contributed by atoms with Crippen LogP contribution in [0.3, 0.4) is 0 Å². The van der Waals surface area contributed by atoms with Gasteiger partial charge in [0, 0.05) is 0 Å². The van der Waals surface area contributed by atoms with Gasteiger partial charge in [-0.15, -0.1) is 0 Å². The van der Waals surface area contributed by atoms with E-state index >= 15 is 0 Å². The largest absolute Gasteiger partial charge is 0.492 e. The summed E-state index contributed by atoms with van der Waals surface area (Å²) in [7, 11) is -3.76. The number of amides is 1. The molecule has 0 saturated carbocycles. The van der Waals surface area contributed by atoms with Crippen LogP contribution in [0.5, 0.6) is 5.75 Å². The second-order valence-corrected chi connectivity index (χ2v) is 9.82. The highest BCUT2D eigenvalue weighted by atomic mass is 35.5. The number of ether oxygens (including phenoxy) is 1. The van der Waals surface area contributed by atoms with Crippen LogP contribution in [0.2, 0.25) is 5.02 Å². The summed E-state index contributed by atoms with van der Waals surface area (Å²) in [6.45, 7) is 2.45. The van der Waals surface area contributed by atoms with E-state index in [0.29, 0.717) is 0 Å². The lowest BCUT2D eigenvalue weighted by molar-refractivity contribution is 0.0947. The molecule has 0 spiro atoms. The number of sulfonamides is 1. The second kappa shape index (κ2) is 10.2. The molecule has 0 aliphatic heterocycles. The standard InChI is InChI=1S/C26H23ClN2O4S/c1-18-6-11-23(12-7-18)34(31,32)29-21-9-13-24(25(27)17-21)26(30)28-14-15-33-22-10-8-19-4-2-3-5-20(19)16-22/h2-13,16-17,29H,14-15H2,1H3,(H,28,30). The van der Waals surface area contributed by atoms with E-state index in [1.165, 1.54) is 30.3 Å². The van der Waals surface area contributed by atoms with Crippen LogP contribution in [0.4, 0.5) is 5.69 Å². The van der Waals surface area contributed by atoms with Gasteiger partial charge in [0.05, 0.1) is 27.7 Å². The molecule has 0 radical (unpaired) electrons. The molecular formula is C26H23ClN2O4S. The van der Waals surface area contributed by atoms with Crippen LogP contribution in [0.1, 0.15) is 15.9 Å². The fraction of sp³-hybridized carbons (Fsp3) is 0.115. The Morgan fingerprint density at radius 2 is 1.65 bits per heavy atom. The minimum Gasteiger partial charge on any atom is -0.492 e. The van der Waals surface area contributed by atoms with Gasteiger partial charge in [-0.25, -0.2) is 8.42 Å². The number of halogens is 1. The SMILES string of the molecule is Cc1ccc(S(=O)(=O)Nc2ccc(C(=O)NCCOc3ccc4ccccc4c3)c(Cl)c2)cc1. The number of aryl methyl sites for hydroxylation is 1. The van der Waals surface area contributed by atoms with Gasteiger partial charge in [0.25, 0.3) is 15.9 Å². The van der Waals surface area contributed by atoms with Crippen molar-refractivity contribution in [1.29, 1.82) is 0 Å². The minimum absolute atomic E-state index is 0.136. The molecule has 0 aliphatic rings. The van der Waals surface area contributed by atoms with Crippen LogP contribution in [0, 0.1) is 6.92 Å². The maximum Gasteiger partial charge on any atom is 0.261 e. The van der Waals surface area contributed by atoms with Crippen LogP contribution in [-0.2, 0) is 10.0 Å². The zero-order chi connectivity index (χ0) is 24.1. The molecule has 4 aromatic carbocycles. The number of nitrogens with one attached hydrogen (secondary N) is 2. The topological polar surface area (TPSA) is 84.5 Å². The lowest BCUT2D eigenvalue weighted by Gasteiger charge is -2.12. The van der Waals surface area contributed by atoms with Gasteiger partial charge in [-0.05, 0) is 60.2 Å². The van der Waals surface area contributed by atoms with Gasteiger partial charge in [-0.2, -0.15) is 0 Å². The summed E-state index contributed by atoms with van der Waals surface area (Å²) in [5.41, 5.74) is 1.47. The highest BCUT2D eigenvalue weighted by molar-refractivity contribution is 7.92. The van der Waals surface area contributed by atoms with Crippen LogP contribution < -0.4 is 14.8 Å². The molecule has 0 aliphatic carbocycles. The fourth-order valence-electron chi connectivity index (χ4n) is 3.38. The van der Waals surface area contributed by atoms with Gasteiger partial charge >= 0.3 is 0 Å². The third-order valence-corrected chi connectivity index (χ3v) is 6.88. The highest BCUT2D eigenvalue weighted by Crippen LogP contribution is 2.24. The Morgan fingerprint density at radius 3 is 2.38 bits per heavy atom. The smallest absolute Gasteiger partial charge is 0.261 e. The first-order valence-corrected chi connectivity index (χ1v) is 12.5. The Balaban J connectivity index is 1.33. The van der Waals surface area contributed by atoms with E-state index in [0.717, 1.165) is 22.1 Å². The zero-order valence-corrected chi connectivity index (χ0v) is 20.0. The van der Waals surface area contributed by atoms with Crippen molar-refractivity contribution in [2.75, 3.05) is 17.9 Å². The van der Waals surface area contributed by atoms with Gasteiger partial charge in [-0.3, -0.25) is 9.52 Å². The fourth-order valence-corrected chi connectivity index (χ4v) is 4.70. The second-order valence-electron chi connectivity index (χ2n) is 7.73. The van der Waals surface area contributed by atoms with Crippen molar-refractivity contribution < 1.29 is 17.9 Å². The van der Waals surface area contributed by atoms with Crippen molar-refractivity contribution in [2.24, 2.45) is 0 Å². The molecule has 4 aromatic rings. The van der Waals surface area contributed by atoms with Gasteiger partial charge in [0.1, 0.15) is 12.4 Å². The molecule has 2 N–H and O–H groups in total. The molecule has 0 heterocycles. The zero-order valence-electron chi connectivity index (χ0n) is 18.4. The molecule has 34 heavy (non-hydrogen) atoms. The van der Waals surface area contributed by atoms with Crippen molar-refractivity contribution in [3.05, 3.63) is 101 Å². The molecule has 6 nitrogen and oxygen atoms in total. The monoisotopic (exact) mass is 494 g/mol. The van der Waals surface area contributed by atoms with E-state index in [1.54, 1.807) is 12.1 Å².